The smallest absolute Gasteiger partial charge is 0.407 e. The summed E-state index contributed by atoms with van der Waals surface area (Å²) in [5, 5.41) is 3.31. The standard InChI is InChI=1S/C11H17N3O2S/c1-2-5-13-11(15)16-7-3-4-8-9(6-7)17-10(12)14-8/h7H,2-6H2,1H3,(H2,12,14)(H,13,15). The lowest BCUT2D eigenvalue weighted by atomic mass is 10.0. The first-order chi connectivity index (χ1) is 8.19. The van der Waals surface area contributed by atoms with Gasteiger partial charge in [0.05, 0.1) is 5.69 Å². The zero-order valence-corrected chi connectivity index (χ0v) is 10.7. The highest BCUT2D eigenvalue weighted by atomic mass is 32.1. The number of alkyl carbamates (subject to hydrolysis) is 1. The number of ether oxygens (including phenoxy) is 1. The molecule has 0 fully saturated rings. The van der Waals surface area contributed by atoms with Crippen molar-refractivity contribution < 1.29 is 9.53 Å². The summed E-state index contributed by atoms with van der Waals surface area (Å²) in [6, 6.07) is 0. The highest BCUT2D eigenvalue weighted by Gasteiger charge is 2.24. The van der Waals surface area contributed by atoms with Crippen LogP contribution in [-0.2, 0) is 17.6 Å². The van der Waals surface area contributed by atoms with Crippen LogP contribution in [-0.4, -0.2) is 23.7 Å². The van der Waals surface area contributed by atoms with Crippen molar-refractivity contribution in [2.45, 2.75) is 38.7 Å². The number of hydrogen-bond donors (Lipinski definition) is 2. The molecule has 1 atom stereocenters. The number of nitrogen functional groups attached to an aromatic ring is 1. The minimum atomic E-state index is -0.321. The second kappa shape index (κ2) is 5.35. The molecule has 1 aromatic heterocycles. The van der Waals surface area contributed by atoms with Crippen LogP contribution in [0.5, 0.6) is 0 Å². The van der Waals surface area contributed by atoms with Crippen molar-refractivity contribution in [1.29, 1.82) is 0 Å². The number of nitrogens with two attached hydrogens (primary N) is 1. The molecule has 0 aliphatic heterocycles. The van der Waals surface area contributed by atoms with Crippen molar-refractivity contribution in [1.82, 2.24) is 10.3 Å². The molecule has 1 heterocycles. The second-order valence-electron chi connectivity index (χ2n) is 4.12. The fourth-order valence-electron chi connectivity index (χ4n) is 1.89. The number of nitrogens with zero attached hydrogens (tertiary/aromatic N) is 1. The number of nitrogens with one attached hydrogen (secondary N) is 1. The van der Waals surface area contributed by atoms with Crippen LogP contribution >= 0.6 is 11.3 Å². The van der Waals surface area contributed by atoms with Gasteiger partial charge < -0.3 is 15.8 Å². The normalized spacial score (nSPS) is 18.5. The third-order valence-corrected chi connectivity index (χ3v) is 3.65. The first-order valence-electron chi connectivity index (χ1n) is 5.87. The van der Waals surface area contributed by atoms with E-state index in [1.54, 1.807) is 0 Å². The highest BCUT2D eigenvalue weighted by molar-refractivity contribution is 7.15. The monoisotopic (exact) mass is 255 g/mol. The minimum absolute atomic E-state index is 0.0424. The first kappa shape index (κ1) is 12.2. The molecule has 0 radical (unpaired) electrons. The average molecular weight is 255 g/mol. The van der Waals surface area contributed by atoms with Gasteiger partial charge in [0.25, 0.3) is 0 Å². The Labute approximate surface area is 104 Å². The summed E-state index contributed by atoms with van der Waals surface area (Å²) < 4.78 is 5.35. The number of carbonyl (C=O) groups excluding carboxylic acids is 1. The third-order valence-electron chi connectivity index (χ3n) is 2.70. The van der Waals surface area contributed by atoms with Gasteiger partial charge in [0.15, 0.2) is 5.13 Å². The van der Waals surface area contributed by atoms with E-state index in [2.05, 4.69) is 10.3 Å². The van der Waals surface area contributed by atoms with Gasteiger partial charge in [0.1, 0.15) is 6.10 Å². The van der Waals surface area contributed by atoms with Crippen molar-refractivity contribution in [3.63, 3.8) is 0 Å². The summed E-state index contributed by atoms with van der Waals surface area (Å²) in [5.74, 6) is 0. The number of fused-ring (bicyclic) bond motifs is 1. The topological polar surface area (TPSA) is 77.2 Å². The van der Waals surface area contributed by atoms with E-state index in [0.717, 1.165) is 36.3 Å². The van der Waals surface area contributed by atoms with Crippen LogP contribution in [0.25, 0.3) is 0 Å². The predicted molar refractivity (Wildman–Crippen MR) is 67.1 cm³/mol. The molecule has 94 valence electrons. The van der Waals surface area contributed by atoms with Crippen LogP contribution in [0, 0.1) is 0 Å². The zero-order chi connectivity index (χ0) is 12.3. The van der Waals surface area contributed by atoms with Gasteiger partial charge in [-0.05, 0) is 19.3 Å². The Morgan fingerprint density at radius 2 is 2.53 bits per heavy atom. The van der Waals surface area contributed by atoms with E-state index in [0.29, 0.717) is 11.7 Å². The van der Waals surface area contributed by atoms with Crippen molar-refractivity contribution in [3.8, 4) is 0 Å². The lowest BCUT2D eigenvalue weighted by molar-refractivity contribution is 0.0899. The second-order valence-corrected chi connectivity index (χ2v) is 5.23. The Morgan fingerprint density at radius 1 is 1.71 bits per heavy atom. The van der Waals surface area contributed by atoms with Gasteiger partial charge in [0.2, 0.25) is 0 Å². The van der Waals surface area contributed by atoms with E-state index in [1.165, 1.54) is 11.3 Å². The number of anilines is 1. The summed E-state index contributed by atoms with van der Waals surface area (Å²) in [4.78, 5) is 16.8. The van der Waals surface area contributed by atoms with Crippen LogP contribution in [0.2, 0.25) is 0 Å². The van der Waals surface area contributed by atoms with E-state index in [4.69, 9.17) is 10.5 Å². The molecule has 3 N–H and O–H groups in total. The molecule has 1 amide bonds. The molecular formula is C11H17N3O2S. The maximum atomic E-state index is 11.4. The molecule has 1 aromatic rings. The molecule has 2 rings (SSSR count). The van der Waals surface area contributed by atoms with Crippen LogP contribution in [0.1, 0.15) is 30.3 Å². The van der Waals surface area contributed by atoms with Crippen LogP contribution in [0.15, 0.2) is 0 Å². The molecule has 0 saturated heterocycles. The summed E-state index contributed by atoms with van der Waals surface area (Å²) >= 11 is 1.49. The number of amides is 1. The summed E-state index contributed by atoms with van der Waals surface area (Å²) in [7, 11) is 0. The average Bonchev–Trinajstić information content (AvgIpc) is 2.65. The van der Waals surface area contributed by atoms with Crippen LogP contribution in [0.3, 0.4) is 0 Å². The number of hydrogen-bond acceptors (Lipinski definition) is 5. The molecule has 1 aliphatic rings. The lowest BCUT2D eigenvalue weighted by Crippen LogP contribution is -2.32. The van der Waals surface area contributed by atoms with E-state index >= 15 is 0 Å². The Hall–Kier alpha value is -1.30. The number of aryl methyl sites for hydroxylation is 1. The van der Waals surface area contributed by atoms with Gasteiger partial charge in [-0.15, -0.1) is 11.3 Å². The van der Waals surface area contributed by atoms with Crippen molar-refractivity contribution in [3.05, 3.63) is 10.6 Å². The van der Waals surface area contributed by atoms with E-state index in [1.807, 2.05) is 6.92 Å². The van der Waals surface area contributed by atoms with Crippen LogP contribution in [0.4, 0.5) is 9.93 Å². The Kier molecular flexibility index (Phi) is 3.83. The molecule has 0 bridgehead atoms. The number of thiazole rings is 1. The lowest BCUT2D eigenvalue weighted by Gasteiger charge is -2.21. The van der Waals surface area contributed by atoms with Crippen molar-refractivity contribution in [2.75, 3.05) is 12.3 Å². The van der Waals surface area contributed by atoms with Crippen molar-refractivity contribution >= 4 is 22.6 Å². The SMILES string of the molecule is CCCNC(=O)OC1CCc2nc(N)sc2C1. The maximum Gasteiger partial charge on any atom is 0.407 e. The fourth-order valence-corrected chi connectivity index (χ4v) is 2.83. The Balaban J connectivity index is 1.87. The molecule has 17 heavy (non-hydrogen) atoms. The zero-order valence-electron chi connectivity index (χ0n) is 9.86. The van der Waals surface area contributed by atoms with E-state index < -0.39 is 0 Å². The van der Waals surface area contributed by atoms with Gasteiger partial charge in [-0.25, -0.2) is 9.78 Å². The van der Waals surface area contributed by atoms with E-state index in [9.17, 15) is 4.79 Å². The summed E-state index contributed by atoms with van der Waals surface area (Å²) in [6.07, 6.45) is 2.96. The Morgan fingerprint density at radius 3 is 3.29 bits per heavy atom. The summed E-state index contributed by atoms with van der Waals surface area (Å²) in [6.45, 7) is 2.66. The largest absolute Gasteiger partial charge is 0.446 e. The maximum absolute atomic E-state index is 11.4. The minimum Gasteiger partial charge on any atom is -0.446 e. The number of rotatable bonds is 3. The third kappa shape index (κ3) is 3.09. The molecule has 1 aliphatic carbocycles. The van der Waals surface area contributed by atoms with Gasteiger partial charge in [-0.3, -0.25) is 0 Å². The highest BCUT2D eigenvalue weighted by Crippen LogP contribution is 2.29. The number of aromatic nitrogens is 1. The molecule has 0 saturated carbocycles. The van der Waals surface area contributed by atoms with Gasteiger partial charge >= 0.3 is 6.09 Å². The van der Waals surface area contributed by atoms with Gasteiger partial charge in [-0.2, -0.15) is 0 Å². The molecule has 0 spiro atoms. The molecular weight excluding hydrogens is 238 g/mol. The molecule has 0 aromatic carbocycles. The molecule has 1 unspecified atom stereocenters. The quantitative estimate of drug-likeness (QED) is 0.862. The molecule has 6 heteroatoms. The Bertz CT molecular complexity index is 405. The van der Waals surface area contributed by atoms with Crippen molar-refractivity contribution in [2.24, 2.45) is 0 Å². The molecule has 5 nitrogen and oxygen atoms in total. The predicted octanol–water partition coefficient (Wildman–Crippen LogP) is 1.72. The van der Waals surface area contributed by atoms with Gasteiger partial charge in [0, 0.05) is 17.8 Å². The van der Waals surface area contributed by atoms with Crippen LogP contribution < -0.4 is 11.1 Å². The van der Waals surface area contributed by atoms with Gasteiger partial charge in [-0.1, -0.05) is 6.92 Å². The summed E-state index contributed by atoms with van der Waals surface area (Å²) in [5.41, 5.74) is 6.73. The fraction of sp³-hybridized carbons (Fsp3) is 0.636. The van der Waals surface area contributed by atoms with E-state index in [-0.39, 0.29) is 12.2 Å². The number of carbonyl (C=O) groups is 1. The first-order valence-corrected chi connectivity index (χ1v) is 6.69.